The van der Waals surface area contributed by atoms with Gasteiger partial charge in [-0.1, -0.05) is 32.0 Å². The van der Waals surface area contributed by atoms with Gasteiger partial charge in [0.25, 0.3) is 15.9 Å². The number of amides is 1. The quantitative estimate of drug-likeness (QED) is 0.618. The van der Waals surface area contributed by atoms with E-state index in [1.165, 1.54) is 19.2 Å². The Kier molecular flexibility index (Phi) is 8.04. The normalized spacial score (nSPS) is 12.4. The zero-order valence-corrected chi connectivity index (χ0v) is 18.1. The minimum atomic E-state index is -3.87. The van der Waals surface area contributed by atoms with Crippen molar-refractivity contribution in [3.63, 3.8) is 0 Å². The van der Waals surface area contributed by atoms with Crippen molar-refractivity contribution < 1.29 is 17.9 Å². The third-order valence-electron chi connectivity index (χ3n) is 4.75. The molecule has 0 aromatic heterocycles. The number of sulfonamides is 1. The Morgan fingerprint density at radius 3 is 2.45 bits per heavy atom. The first-order valence-electron chi connectivity index (χ1n) is 9.60. The summed E-state index contributed by atoms with van der Waals surface area (Å²) in [6.07, 6.45) is 0. The van der Waals surface area contributed by atoms with Gasteiger partial charge in [0.05, 0.1) is 17.7 Å². The number of likely N-dealkylation sites (N-methyl/N-ethyl adjacent to an activating group) is 1. The fraction of sp³-hybridized carbons (Fsp3) is 0.381. The minimum Gasteiger partial charge on any atom is -0.495 e. The molecule has 1 unspecified atom stereocenters. The van der Waals surface area contributed by atoms with E-state index in [2.05, 4.69) is 28.8 Å². The highest BCUT2D eigenvalue weighted by molar-refractivity contribution is 7.92. The number of anilines is 1. The Hall–Kier alpha value is -2.58. The summed E-state index contributed by atoms with van der Waals surface area (Å²) in [5.41, 5.74) is 0.623. The topological polar surface area (TPSA) is 87.7 Å². The second kappa shape index (κ2) is 10.3. The molecule has 2 N–H and O–H groups in total. The van der Waals surface area contributed by atoms with Crippen LogP contribution in [0, 0.1) is 0 Å². The summed E-state index contributed by atoms with van der Waals surface area (Å²) in [6.45, 7) is 8.48. The first kappa shape index (κ1) is 22.7. The molecule has 0 aliphatic rings. The van der Waals surface area contributed by atoms with Gasteiger partial charge in [0, 0.05) is 18.2 Å². The van der Waals surface area contributed by atoms with Gasteiger partial charge in [0.15, 0.2) is 0 Å². The lowest BCUT2D eigenvalue weighted by Gasteiger charge is -2.26. The summed E-state index contributed by atoms with van der Waals surface area (Å²) in [4.78, 5) is 14.8. The van der Waals surface area contributed by atoms with Crippen LogP contribution >= 0.6 is 0 Å². The Labute approximate surface area is 173 Å². The molecule has 2 aromatic carbocycles. The average molecular weight is 420 g/mol. The lowest BCUT2D eigenvalue weighted by Crippen LogP contribution is -2.42. The van der Waals surface area contributed by atoms with E-state index >= 15 is 0 Å². The molecule has 0 saturated carbocycles. The molecule has 7 nitrogen and oxygen atoms in total. The number of rotatable bonds is 10. The van der Waals surface area contributed by atoms with Gasteiger partial charge >= 0.3 is 0 Å². The van der Waals surface area contributed by atoms with Crippen LogP contribution in [-0.4, -0.2) is 52.0 Å². The van der Waals surface area contributed by atoms with Crippen molar-refractivity contribution in [1.82, 2.24) is 10.2 Å². The molecule has 158 valence electrons. The number of carbonyl (C=O) groups excluding carboxylic acids is 1. The molecule has 0 fully saturated rings. The third-order valence-corrected chi connectivity index (χ3v) is 6.11. The van der Waals surface area contributed by atoms with Gasteiger partial charge in [0.2, 0.25) is 0 Å². The number of nitrogens with zero attached hydrogens (tertiary/aromatic N) is 1. The van der Waals surface area contributed by atoms with Crippen LogP contribution in [0.3, 0.4) is 0 Å². The van der Waals surface area contributed by atoms with Crippen LogP contribution in [0.25, 0.3) is 0 Å². The molecule has 29 heavy (non-hydrogen) atoms. The number of para-hydroxylation sites is 2. The number of benzene rings is 2. The fourth-order valence-corrected chi connectivity index (χ4v) is 4.17. The standard InChI is InChI=1S/C21H29N3O4S/c1-5-24(6-2)16(3)15-22-21(25)17-10-9-11-18(14-17)29(26,27)23-19-12-7-8-13-20(19)28-4/h7-14,16,23H,5-6,15H2,1-4H3,(H,22,25). The van der Waals surface area contributed by atoms with E-state index in [0.29, 0.717) is 23.5 Å². The van der Waals surface area contributed by atoms with Gasteiger partial charge in [-0.3, -0.25) is 14.4 Å². The minimum absolute atomic E-state index is 0.00727. The maximum atomic E-state index is 12.8. The van der Waals surface area contributed by atoms with Crippen LogP contribution in [0.15, 0.2) is 53.4 Å². The molecule has 2 aromatic rings. The van der Waals surface area contributed by atoms with Gasteiger partial charge < -0.3 is 10.1 Å². The fourth-order valence-electron chi connectivity index (χ4n) is 3.06. The third kappa shape index (κ3) is 5.95. The van der Waals surface area contributed by atoms with Crippen LogP contribution in [0.5, 0.6) is 5.75 Å². The summed E-state index contributed by atoms with van der Waals surface area (Å²) in [5, 5.41) is 2.88. The lowest BCUT2D eigenvalue weighted by molar-refractivity contribution is 0.0937. The van der Waals surface area contributed by atoms with Crippen LogP contribution in [0.1, 0.15) is 31.1 Å². The Morgan fingerprint density at radius 1 is 1.10 bits per heavy atom. The first-order chi connectivity index (χ1) is 13.8. The number of methoxy groups -OCH3 is 1. The highest BCUT2D eigenvalue weighted by Gasteiger charge is 2.19. The molecule has 1 atom stereocenters. The van der Waals surface area contributed by atoms with Gasteiger partial charge in [-0.25, -0.2) is 8.42 Å². The molecule has 0 aliphatic heterocycles. The average Bonchev–Trinajstić information content (AvgIpc) is 2.73. The van der Waals surface area contributed by atoms with Crippen molar-refractivity contribution in [2.75, 3.05) is 31.5 Å². The zero-order valence-electron chi connectivity index (χ0n) is 17.3. The van der Waals surface area contributed by atoms with Gasteiger partial charge in [-0.2, -0.15) is 0 Å². The molecule has 0 heterocycles. The smallest absolute Gasteiger partial charge is 0.262 e. The molecular weight excluding hydrogens is 390 g/mol. The highest BCUT2D eigenvalue weighted by atomic mass is 32.2. The van der Waals surface area contributed by atoms with Gasteiger partial charge in [-0.05, 0) is 50.3 Å². The Balaban J connectivity index is 2.14. The molecule has 2 rings (SSSR count). The second-order valence-corrected chi connectivity index (χ2v) is 8.30. The number of nitrogens with one attached hydrogen (secondary N) is 2. The van der Waals surface area contributed by atoms with E-state index in [1.807, 2.05) is 6.92 Å². The summed E-state index contributed by atoms with van der Waals surface area (Å²) in [7, 11) is -2.40. The number of hydrogen-bond donors (Lipinski definition) is 2. The summed E-state index contributed by atoms with van der Waals surface area (Å²) < 4.78 is 33.2. The van der Waals surface area contributed by atoms with E-state index in [-0.39, 0.29) is 16.8 Å². The van der Waals surface area contributed by atoms with E-state index in [9.17, 15) is 13.2 Å². The predicted molar refractivity (Wildman–Crippen MR) is 115 cm³/mol. The molecule has 0 aliphatic carbocycles. The summed E-state index contributed by atoms with van der Waals surface area (Å²) >= 11 is 0. The molecule has 0 bridgehead atoms. The largest absolute Gasteiger partial charge is 0.495 e. The maximum Gasteiger partial charge on any atom is 0.262 e. The molecule has 8 heteroatoms. The van der Waals surface area contributed by atoms with Crippen molar-refractivity contribution in [3.8, 4) is 5.75 Å². The monoisotopic (exact) mass is 419 g/mol. The van der Waals surface area contributed by atoms with Crippen LogP contribution < -0.4 is 14.8 Å². The van der Waals surface area contributed by atoms with Gasteiger partial charge in [-0.15, -0.1) is 0 Å². The lowest BCUT2D eigenvalue weighted by atomic mass is 10.2. The van der Waals surface area contributed by atoms with Crippen molar-refractivity contribution in [2.45, 2.75) is 31.7 Å². The van der Waals surface area contributed by atoms with Crippen molar-refractivity contribution in [3.05, 3.63) is 54.1 Å². The summed E-state index contributed by atoms with van der Waals surface area (Å²) in [6, 6.07) is 12.9. The maximum absolute atomic E-state index is 12.8. The highest BCUT2D eigenvalue weighted by Crippen LogP contribution is 2.26. The zero-order chi connectivity index (χ0) is 21.4. The second-order valence-electron chi connectivity index (χ2n) is 6.61. The molecule has 0 radical (unpaired) electrons. The Morgan fingerprint density at radius 2 is 1.79 bits per heavy atom. The number of hydrogen-bond acceptors (Lipinski definition) is 5. The Bertz CT molecular complexity index is 927. The van der Waals surface area contributed by atoms with E-state index < -0.39 is 10.0 Å². The first-order valence-corrected chi connectivity index (χ1v) is 11.1. The molecule has 0 saturated heterocycles. The van der Waals surface area contributed by atoms with Crippen molar-refractivity contribution >= 4 is 21.6 Å². The molecular formula is C21H29N3O4S. The van der Waals surface area contributed by atoms with Crippen molar-refractivity contribution in [1.29, 1.82) is 0 Å². The van der Waals surface area contributed by atoms with Crippen LogP contribution in [0.2, 0.25) is 0 Å². The SMILES string of the molecule is CCN(CC)C(C)CNC(=O)c1cccc(S(=O)(=O)Nc2ccccc2OC)c1. The number of carbonyl (C=O) groups is 1. The summed E-state index contributed by atoms with van der Waals surface area (Å²) in [5.74, 6) is 0.105. The van der Waals surface area contributed by atoms with E-state index in [1.54, 1.807) is 36.4 Å². The van der Waals surface area contributed by atoms with Crippen LogP contribution in [0.4, 0.5) is 5.69 Å². The van der Waals surface area contributed by atoms with E-state index in [0.717, 1.165) is 13.1 Å². The number of ether oxygens (including phenoxy) is 1. The van der Waals surface area contributed by atoms with Crippen molar-refractivity contribution in [2.24, 2.45) is 0 Å². The molecule has 1 amide bonds. The van der Waals surface area contributed by atoms with Gasteiger partial charge in [0.1, 0.15) is 5.75 Å². The molecule has 0 spiro atoms. The van der Waals surface area contributed by atoms with E-state index in [4.69, 9.17) is 4.74 Å². The predicted octanol–water partition coefficient (Wildman–Crippen LogP) is 2.96. The van der Waals surface area contributed by atoms with Crippen LogP contribution in [-0.2, 0) is 10.0 Å².